The summed E-state index contributed by atoms with van der Waals surface area (Å²) in [7, 11) is 0. The van der Waals surface area contributed by atoms with Crippen LogP contribution in [0.4, 0.5) is 18.9 Å². The molecule has 0 unspecified atom stereocenters. The van der Waals surface area contributed by atoms with Crippen LogP contribution in [-0.2, 0) is 12.7 Å². The second kappa shape index (κ2) is 5.12. The van der Waals surface area contributed by atoms with E-state index >= 15 is 0 Å². The summed E-state index contributed by atoms with van der Waals surface area (Å²) in [5, 5.41) is 2.92. The van der Waals surface area contributed by atoms with Crippen LogP contribution in [0, 0.1) is 6.07 Å². The summed E-state index contributed by atoms with van der Waals surface area (Å²) in [6.45, 7) is 0.121. The molecule has 0 spiro atoms. The van der Waals surface area contributed by atoms with E-state index in [1.807, 2.05) is 0 Å². The predicted molar refractivity (Wildman–Crippen MR) is 64.0 cm³/mol. The Kier molecular flexibility index (Phi) is 3.55. The summed E-state index contributed by atoms with van der Waals surface area (Å²) in [5.74, 6) is 0. The van der Waals surface area contributed by atoms with Crippen molar-refractivity contribution in [3.8, 4) is 0 Å². The minimum atomic E-state index is -4.32. The van der Waals surface area contributed by atoms with Crippen LogP contribution in [0.3, 0.4) is 0 Å². The van der Waals surface area contributed by atoms with Crippen LogP contribution in [0.5, 0.6) is 0 Å². The summed E-state index contributed by atoms with van der Waals surface area (Å²) in [6.07, 6.45) is -4.32. The highest BCUT2D eigenvalue weighted by Crippen LogP contribution is 2.32. The van der Waals surface area contributed by atoms with Crippen LogP contribution in [0.15, 0.2) is 48.5 Å². The van der Waals surface area contributed by atoms with Gasteiger partial charge in [-0.1, -0.05) is 36.4 Å². The molecule has 4 heteroatoms. The van der Waals surface area contributed by atoms with Gasteiger partial charge in [0, 0.05) is 18.3 Å². The molecule has 0 atom stereocenters. The first-order chi connectivity index (χ1) is 8.57. The standard InChI is InChI=1S/C14H11F3N/c15-14(16,17)13-9-5-4-6-11(13)10-18-12-7-2-1-3-8-12/h1-7,9,18H,10H2. The highest BCUT2D eigenvalue weighted by atomic mass is 19.4. The second-order valence-electron chi connectivity index (χ2n) is 3.78. The number of anilines is 1. The summed E-state index contributed by atoms with van der Waals surface area (Å²) in [5.41, 5.74) is 0.296. The van der Waals surface area contributed by atoms with Crippen molar-refractivity contribution in [2.75, 3.05) is 5.32 Å². The van der Waals surface area contributed by atoms with Crippen LogP contribution >= 0.6 is 0 Å². The molecule has 93 valence electrons. The van der Waals surface area contributed by atoms with Crippen molar-refractivity contribution in [3.63, 3.8) is 0 Å². The van der Waals surface area contributed by atoms with E-state index in [0.29, 0.717) is 5.69 Å². The fraction of sp³-hybridized carbons (Fsp3) is 0.143. The number of hydrogen-bond acceptors (Lipinski definition) is 1. The zero-order chi connectivity index (χ0) is 13.0. The maximum Gasteiger partial charge on any atom is 0.416 e. The monoisotopic (exact) mass is 250 g/mol. The molecule has 1 N–H and O–H groups in total. The zero-order valence-corrected chi connectivity index (χ0v) is 9.46. The fourth-order valence-corrected chi connectivity index (χ4v) is 1.64. The number of para-hydroxylation sites is 1. The molecule has 0 saturated heterocycles. The van der Waals surface area contributed by atoms with Gasteiger partial charge in [-0.25, -0.2) is 0 Å². The lowest BCUT2D eigenvalue weighted by molar-refractivity contribution is -0.138. The third-order valence-corrected chi connectivity index (χ3v) is 2.50. The van der Waals surface area contributed by atoms with E-state index < -0.39 is 11.7 Å². The third-order valence-electron chi connectivity index (χ3n) is 2.50. The van der Waals surface area contributed by atoms with Gasteiger partial charge in [0.1, 0.15) is 0 Å². The molecule has 0 aliphatic carbocycles. The molecular weight excluding hydrogens is 239 g/mol. The maximum absolute atomic E-state index is 12.7. The Hall–Kier alpha value is -1.97. The molecule has 0 aromatic heterocycles. The number of rotatable bonds is 3. The first-order valence-corrected chi connectivity index (χ1v) is 5.43. The first kappa shape index (κ1) is 12.5. The van der Waals surface area contributed by atoms with Crippen LogP contribution in [0.1, 0.15) is 11.1 Å². The van der Waals surface area contributed by atoms with Gasteiger partial charge in [0.05, 0.1) is 5.56 Å². The first-order valence-electron chi connectivity index (χ1n) is 5.43. The van der Waals surface area contributed by atoms with Crippen LogP contribution in [0.25, 0.3) is 0 Å². The number of benzene rings is 2. The van der Waals surface area contributed by atoms with Crippen molar-refractivity contribution in [2.45, 2.75) is 12.7 Å². The number of hydrogen-bond donors (Lipinski definition) is 1. The minimum absolute atomic E-state index is 0.121. The minimum Gasteiger partial charge on any atom is -0.380 e. The summed E-state index contributed by atoms with van der Waals surface area (Å²) < 4.78 is 38.2. The Morgan fingerprint density at radius 2 is 1.72 bits per heavy atom. The number of halogens is 3. The van der Waals surface area contributed by atoms with E-state index in [2.05, 4.69) is 11.4 Å². The highest BCUT2D eigenvalue weighted by molar-refractivity contribution is 5.43. The Morgan fingerprint density at radius 1 is 1.00 bits per heavy atom. The molecule has 0 aliphatic heterocycles. The van der Waals surface area contributed by atoms with E-state index in [4.69, 9.17) is 0 Å². The van der Waals surface area contributed by atoms with Gasteiger partial charge in [-0.2, -0.15) is 13.2 Å². The van der Waals surface area contributed by atoms with E-state index in [1.165, 1.54) is 12.1 Å². The predicted octanol–water partition coefficient (Wildman–Crippen LogP) is 4.12. The average molecular weight is 250 g/mol. The topological polar surface area (TPSA) is 12.0 Å². The maximum atomic E-state index is 12.7. The Bertz CT molecular complexity index is 506. The van der Waals surface area contributed by atoms with Crippen LogP contribution in [0.2, 0.25) is 0 Å². The molecule has 18 heavy (non-hydrogen) atoms. The van der Waals surface area contributed by atoms with Crippen molar-refractivity contribution in [1.82, 2.24) is 0 Å². The van der Waals surface area contributed by atoms with Crippen molar-refractivity contribution < 1.29 is 13.2 Å². The van der Waals surface area contributed by atoms with E-state index in [-0.39, 0.29) is 12.1 Å². The Labute approximate surface area is 103 Å². The molecule has 2 rings (SSSR count). The fourth-order valence-electron chi connectivity index (χ4n) is 1.64. The Morgan fingerprint density at radius 3 is 2.39 bits per heavy atom. The Balaban J connectivity index is 2.15. The molecular formula is C14H11F3N. The average Bonchev–Trinajstić information content (AvgIpc) is 2.37. The molecule has 0 bridgehead atoms. The molecule has 0 aliphatic rings. The van der Waals surface area contributed by atoms with Gasteiger partial charge in [0.15, 0.2) is 0 Å². The van der Waals surface area contributed by atoms with Gasteiger partial charge in [-0.05, 0) is 17.7 Å². The molecule has 1 radical (unpaired) electrons. The van der Waals surface area contributed by atoms with Crippen molar-refractivity contribution in [1.29, 1.82) is 0 Å². The zero-order valence-electron chi connectivity index (χ0n) is 9.46. The molecule has 0 saturated carbocycles. The van der Waals surface area contributed by atoms with Gasteiger partial charge < -0.3 is 5.32 Å². The summed E-state index contributed by atoms with van der Waals surface area (Å²) >= 11 is 0. The number of alkyl halides is 3. The van der Waals surface area contributed by atoms with E-state index in [1.54, 1.807) is 30.3 Å². The molecule has 0 heterocycles. The van der Waals surface area contributed by atoms with Gasteiger partial charge in [0.2, 0.25) is 0 Å². The smallest absolute Gasteiger partial charge is 0.380 e. The van der Waals surface area contributed by atoms with Crippen molar-refractivity contribution in [2.24, 2.45) is 0 Å². The van der Waals surface area contributed by atoms with Crippen molar-refractivity contribution >= 4 is 5.69 Å². The lowest BCUT2D eigenvalue weighted by Crippen LogP contribution is -2.11. The normalized spacial score (nSPS) is 11.3. The van der Waals surface area contributed by atoms with E-state index in [9.17, 15) is 13.2 Å². The molecule has 0 amide bonds. The third kappa shape index (κ3) is 3.03. The van der Waals surface area contributed by atoms with Gasteiger partial charge in [-0.3, -0.25) is 0 Å². The lowest BCUT2D eigenvalue weighted by atomic mass is 10.1. The highest BCUT2D eigenvalue weighted by Gasteiger charge is 2.32. The quantitative estimate of drug-likeness (QED) is 0.864. The summed E-state index contributed by atoms with van der Waals surface area (Å²) in [4.78, 5) is 0. The van der Waals surface area contributed by atoms with Crippen LogP contribution < -0.4 is 5.32 Å². The molecule has 0 fully saturated rings. The summed E-state index contributed by atoms with van der Waals surface area (Å²) in [6, 6.07) is 15.5. The number of nitrogens with one attached hydrogen (secondary N) is 1. The largest absolute Gasteiger partial charge is 0.416 e. The lowest BCUT2D eigenvalue weighted by Gasteiger charge is -2.13. The molecule has 1 nitrogen and oxygen atoms in total. The second-order valence-corrected chi connectivity index (χ2v) is 3.78. The SMILES string of the molecule is FC(F)(F)c1ccccc1CNc1[c]cccc1. The van der Waals surface area contributed by atoms with Crippen LogP contribution in [-0.4, -0.2) is 0 Å². The van der Waals surface area contributed by atoms with Crippen molar-refractivity contribution in [3.05, 3.63) is 65.7 Å². The molecule has 2 aromatic carbocycles. The van der Waals surface area contributed by atoms with Gasteiger partial charge in [-0.15, -0.1) is 0 Å². The van der Waals surface area contributed by atoms with Gasteiger partial charge in [0.25, 0.3) is 0 Å². The molecule has 2 aromatic rings. The van der Waals surface area contributed by atoms with Gasteiger partial charge >= 0.3 is 6.18 Å². The van der Waals surface area contributed by atoms with E-state index in [0.717, 1.165) is 6.07 Å².